The van der Waals surface area contributed by atoms with E-state index in [1.54, 1.807) is 31.3 Å². The molecule has 0 atom stereocenters. The van der Waals surface area contributed by atoms with Crippen molar-refractivity contribution in [2.24, 2.45) is 0 Å². The number of nitrogens with zero attached hydrogens (tertiary/aromatic N) is 2. The first kappa shape index (κ1) is 10.6. The van der Waals surface area contributed by atoms with E-state index >= 15 is 0 Å². The van der Waals surface area contributed by atoms with Crippen LogP contribution in [0.1, 0.15) is 17.7 Å². The second-order valence-electron chi connectivity index (χ2n) is 3.52. The van der Waals surface area contributed by atoms with Gasteiger partial charge in [0.15, 0.2) is 0 Å². The third kappa shape index (κ3) is 1.88. The number of aryl methyl sites for hydroxylation is 1. The van der Waals surface area contributed by atoms with E-state index in [9.17, 15) is 8.78 Å². The SMILES string of the molecule is Cc1ccn(-c2ccc(N)cc2C(F)F)n1. The van der Waals surface area contributed by atoms with Gasteiger partial charge in [-0.2, -0.15) is 5.10 Å². The fraction of sp³-hybridized carbons (Fsp3) is 0.182. The lowest BCUT2D eigenvalue weighted by atomic mass is 10.1. The molecule has 0 spiro atoms. The van der Waals surface area contributed by atoms with Crippen LogP contribution in [-0.2, 0) is 0 Å². The molecule has 0 amide bonds. The van der Waals surface area contributed by atoms with Crippen LogP contribution >= 0.6 is 0 Å². The zero-order valence-electron chi connectivity index (χ0n) is 8.69. The van der Waals surface area contributed by atoms with E-state index in [4.69, 9.17) is 5.73 Å². The highest BCUT2D eigenvalue weighted by atomic mass is 19.3. The number of hydrogen-bond donors (Lipinski definition) is 1. The van der Waals surface area contributed by atoms with E-state index in [1.165, 1.54) is 10.7 Å². The lowest BCUT2D eigenvalue weighted by Crippen LogP contribution is -2.02. The Labute approximate surface area is 91.5 Å². The zero-order valence-corrected chi connectivity index (χ0v) is 8.69. The summed E-state index contributed by atoms with van der Waals surface area (Å²) < 4.78 is 27.0. The first-order chi connectivity index (χ1) is 7.58. The Bertz CT molecular complexity index is 506. The molecule has 5 heteroatoms. The molecule has 2 rings (SSSR count). The van der Waals surface area contributed by atoms with Gasteiger partial charge in [-0.25, -0.2) is 13.5 Å². The predicted molar refractivity (Wildman–Crippen MR) is 57.7 cm³/mol. The molecule has 0 aliphatic carbocycles. The zero-order chi connectivity index (χ0) is 11.7. The van der Waals surface area contributed by atoms with Crippen LogP contribution in [0.2, 0.25) is 0 Å². The van der Waals surface area contributed by atoms with Gasteiger partial charge in [-0.3, -0.25) is 0 Å². The maximum absolute atomic E-state index is 12.8. The highest BCUT2D eigenvalue weighted by Crippen LogP contribution is 2.27. The summed E-state index contributed by atoms with van der Waals surface area (Å²) in [7, 11) is 0. The fourth-order valence-electron chi connectivity index (χ4n) is 1.51. The van der Waals surface area contributed by atoms with Crippen LogP contribution in [0.15, 0.2) is 30.5 Å². The van der Waals surface area contributed by atoms with Gasteiger partial charge in [-0.1, -0.05) is 0 Å². The van der Waals surface area contributed by atoms with Crippen LogP contribution in [0.5, 0.6) is 0 Å². The minimum Gasteiger partial charge on any atom is -0.399 e. The maximum Gasteiger partial charge on any atom is 0.266 e. The molecule has 0 saturated heterocycles. The van der Waals surface area contributed by atoms with Crippen LogP contribution in [0, 0.1) is 6.92 Å². The summed E-state index contributed by atoms with van der Waals surface area (Å²) in [4.78, 5) is 0. The number of aromatic nitrogens is 2. The van der Waals surface area contributed by atoms with Gasteiger partial charge in [0.1, 0.15) is 0 Å². The minimum absolute atomic E-state index is 0.108. The molecule has 2 aromatic rings. The molecule has 2 N–H and O–H groups in total. The smallest absolute Gasteiger partial charge is 0.266 e. The number of hydrogen-bond acceptors (Lipinski definition) is 2. The van der Waals surface area contributed by atoms with E-state index in [-0.39, 0.29) is 5.56 Å². The lowest BCUT2D eigenvalue weighted by Gasteiger charge is -2.09. The van der Waals surface area contributed by atoms with Gasteiger partial charge in [0.2, 0.25) is 0 Å². The van der Waals surface area contributed by atoms with Gasteiger partial charge >= 0.3 is 0 Å². The Hall–Kier alpha value is -1.91. The molecule has 1 heterocycles. The molecule has 0 aliphatic heterocycles. The molecule has 0 aliphatic rings. The first-order valence-electron chi connectivity index (χ1n) is 4.78. The number of benzene rings is 1. The molecule has 0 bridgehead atoms. The van der Waals surface area contributed by atoms with Gasteiger partial charge in [0.05, 0.1) is 11.4 Å². The van der Waals surface area contributed by atoms with Crippen molar-refractivity contribution in [3.63, 3.8) is 0 Å². The Balaban J connectivity index is 2.56. The van der Waals surface area contributed by atoms with Crippen molar-refractivity contribution in [3.05, 3.63) is 41.7 Å². The molecule has 16 heavy (non-hydrogen) atoms. The average molecular weight is 223 g/mol. The van der Waals surface area contributed by atoms with Gasteiger partial charge < -0.3 is 5.73 Å². The van der Waals surface area contributed by atoms with Gasteiger partial charge in [0, 0.05) is 17.4 Å². The number of anilines is 1. The third-order valence-electron chi connectivity index (χ3n) is 2.26. The molecule has 3 nitrogen and oxygen atoms in total. The molecule has 1 aromatic carbocycles. The van der Waals surface area contributed by atoms with E-state index < -0.39 is 6.43 Å². The standard InChI is InChI=1S/C11H11F2N3/c1-7-4-5-16(15-7)10-3-2-8(14)6-9(10)11(12)13/h2-6,11H,14H2,1H3. The highest BCUT2D eigenvalue weighted by Gasteiger charge is 2.15. The number of halogens is 2. The first-order valence-corrected chi connectivity index (χ1v) is 4.78. The summed E-state index contributed by atoms with van der Waals surface area (Å²) >= 11 is 0. The number of nitrogens with two attached hydrogens (primary N) is 1. The highest BCUT2D eigenvalue weighted by molar-refractivity contribution is 5.51. The molecule has 1 aromatic heterocycles. The monoisotopic (exact) mass is 223 g/mol. The third-order valence-corrected chi connectivity index (χ3v) is 2.26. The van der Waals surface area contributed by atoms with Crippen LogP contribution < -0.4 is 5.73 Å². The fourth-order valence-corrected chi connectivity index (χ4v) is 1.51. The van der Waals surface area contributed by atoms with E-state index in [2.05, 4.69) is 5.10 Å². The Morgan fingerprint density at radius 1 is 1.31 bits per heavy atom. The Morgan fingerprint density at radius 2 is 2.06 bits per heavy atom. The molecule has 0 fully saturated rings. The summed E-state index contributed by atoms with van der Waals surface area (Å²) in [5, 5.41) is 4.10. The molecule has 0 unspecified atom stereocenters. The van der Waals surface area contributed by atoms with E-state index in [1.807, 2.05) is 0 Å². The predicted octanol–water partition coefficient (Wildman–Crippen LogP) is 2.70. The molecule has 0 radical (unpaired) electrons. The summed E-state index contributed by atoms with van der Waals surface area (Å²) in [6, 6.07) is 6.16. The maximum atomic E-state index is 12.8. The van der Waals surface area contributed by atoms with Gasteiger partial charge in [0.25, 0.3) is 6.43 Å². The molecule has 84 valence electrons. The summed E-state index contributed by atoms with van der Waals surface area (Å²) in [5.74, 6) is 0. The largest absolute Gasteiger partial charge is 0.399 e. The summed E-state index contributed by atoms with van der Waals surface area (Å²) in [6.45, 7) is 1.80. The van der Waals surface area contributed by atoms with Gasteiger partial charge in [-0.15, -0.1) is 0 Å². The van der Waals surface area contributed by atoms with Crippen LogP contribution in [-0.4, -0.2) is 9.78 Å². The summed E-state index contributed by atoms with van der Waals surface area (Å²) in [6.07, 6.45) is -0.921. The lowest BCUT2D eigenvalue weighted by molar-refractivity contribution is 0.151. The van der Waals surface area contributed by atoms with Crippen LogP contribution in [0.3, 0.4) is 0 Å². The van der Waals surface area contributed by atoms with E-state index in [0.29, 0.717) is 11.4 Å². The van der Waals surface area contributed by atoms with Crippen molar-refractivity contribution in [2.45, 2.75) is 13.3 Å². The number of alkyl halides is 2. The molecular formula is C11H11F2N3. The van der Waals surface area contributed by atoms with Crippen molar-refractivity contribution < 1.29 is 8.78 Å². The molecule has 0 saturated carbocycles. The van der Waals surface area contributed by atoms with Crippen molar-refractivity contribution >= 4 is 5.69 Å². The Morgan fingerprint density at radius 3 is 2.62 bits per heavy atom. The average Bonchev–Trinajstić information content (AvgIpc) is 2.64. The summed E-state index contributed by atoms with van der Waals surface area (Å²) in [5.41, 5.74) is 6.83. The topological polar surface area (TPSA) is 43.8 Å². The second-order valence-corrected chi connectivity index (χ2v) is 3.52. The van der Waals surface area contributed by atoms with E-state index in [0.717, 1.165) is 5.69 Å². The number of rotatable bonds is 2. The van der Waals surface area contributed by atoms with Crippen molar-refractivity contribution in [1.82, 2.24) is 9.78 Å². The van der Waals surface area contributed by atoms with Crippen molar-refractivity contribution in [3.8, 4) is 5.69 Å². The Kier molecular flexibility index (Phi) is 2.60. The number of nitrogen functional groups attached to an aromatic ring is 1. The minimum atomic E-state index is -2.57. The quantitative estimate of drug-likeness (QED) is 0.795. The van der Waals surface area contributed by atoms with Crippen molar-refractivity contribution in [1.29, 1.82) is 0 Å². The van der Waals surface area contributed by atoms with Gasteiger partial charge in [-0.05, 0) is 31.2 Å². The second kappa shape index (κ2) is 3.92. The van der Waals surface area contributed by atoms with Crippen LogP contribution in [0.4, 0.5) is 14.5 Å². The van der Waals surface area contributed by atoms with Crippen molar-refractivity contribution in [2.75, 3.05) is 5.73 Å². The molecular weight excluding hydrogens is 212 g/mol. The van der Waals surface area contributed by atoms with Crippen LogP contribution in [0.25, 0.3) is 5.69 Å². The normalized spacial score (nSPS) is 11.0.